The highest BCUT2D eigenvalue weighted by Crippen LogP contribution is 2.28. The van der Waals surface area contributed by atoms with Crippen molar-refractivity contribution in [3.8, 4) is 0 Å². The average Bonchev–Trinajstić information content (AvgIpc) is 2.80. The SMILES string of the molecule is CCNC(Cc1ccc(F)c(Cl)c1)c1csc(Br)c1. The first-order valence-electron chi connectivity index (χ1n) is 6.01. The van der Waals surface area contributed by atoms with Gasteiger partial charge in [0.25, 0.3) is 0 Å². The lowest BCUT2D eigenvalue weighted by atomic mass is 10.0. The minimum Gasteiger partial charge on any atom is -0.310 e. The molecule has 0 saturated heterocycles. The summed E-state index contributed by atoms with van der Waals surface area (Å²) in [4.78, 5) is 0. The molecule has 0 bridgehead atoms. The summed E-state index contributed by atoms with van der Waals surface area (Å²) in [6.07, 6.45) is 0.789. The molecule has 0 radical (unpaired) electrons. The van der Waals surface area contributed by atoms with Crippen molar-refractivity contribution in [2.45, 2.75) is 19.4 Å². The van der Waals surface area contributed by atoms with Crippen LogP contribution < -0.4 is 5.32 Å². The van der Waals surface area contributed by atoms with Crippen molar-refractivity contribution < 1.29 is 4.39 Å². The van der Waals surface area contributed by atoms with Crippen molar-refractivity contribution in [1.29, 1.82) is 0 Å². The Morgan fingerprint density at radius 1 is 1.42 bits per heavy atom. The highest BCUT2D eigenvalue weighted by Gasteiger charge is 2.13. The Bertz CT molecular complexity index is 558. The van der Waals surface area contributed by atoms with E-state index in [4.69, 9.17) is 11.6 Å². The molecule has 1 aromatic carbocycles. The first-order valence-corrected chi connectivity index (χ1v) is 8.06. The largest absolute Gasteiger partial charge is 0.310 e. The Balaban J connectivity index is 2.18. The van der Waals surface area contributed by atoms with Crippen LogP contribution in [0.15, 0.2) is 33.4 Å². The van der Waals surface area contributed by atoms with Crippen LogP contribution in [0.5, 0.6) is 0 Å². The van der Waals surface area contributed by atoms with Crippen LogP contribution in [0.25, 0.3) is 0 Å². The number of benzene rings is 1. The monoisotopic (exact) mass is 361 g/mol. The Kier molecular flexibility index (Phi) is 5.39. The van der Waals surface area contributed by atoms with Crippen LogP contribution in [0.2, 0.25) is 5.02 Å². The van der Waals surface area contributed by atoms with E-state index in [2.05, 4.69) is 39.6 Å². The van der Waals surface area contributed by atoms with E-state index in [-0.39, 0.29) is 16.9 Å². The van der Waals surface area contributed by atoms with Crippen LogP contribution in [0, 0.1) is 5.82 Å². The second-order valence-corrected chi connectivity index (χ2v) is 6.94. The quantitative estimate of drug-likeness (QED) is 0.771. The van der Waals surface area contributed by atoms with Gasteiger partial charge in [-0.2, -0.15) is 0 Å². The summed E-state index contributed by atoms with van der Waals surface area (Å²) in [6, 6.07) is 7.23. The van der Waals surface area contributed by atoms with E-state index in [1.165, 1.54) is 11.6 Å². The Morgan fingerprint density at radius 2 is 2.21 bits per heavy atom. The molecule has 1 unspecified atom stereocenters. The Morgan fingerprint density at radius 3 is 2.79 bits per heavy atom. The van der Waals surface area contributed by atoms with Crippen molar-refractivity contribution in [2.75, 3.05) is 6.54 Å². The van der Waals surface area contributed by atoms with E-state index < -0.39 is 0 Å². The van der Waals surface area contributed by atoms with Gasteiger partial charge in [-0.1, -0.05) is 24.6 Å². The molecule has 0 spiro atoms. The maximum absolute atomic E-state index is 13.2. The molecular weight excluding hydrogens is 349 g/mol. The molecule has 102 valence electrons. The zero-order chi connectivity index (χ0) is 13.8. The lowest BCUT2D eigenvalue weighted by Gasteiger charge is -2.17. The summed E-state index contributed by atoms with van der Waals surface area (Å²) in [6.45, 7) is 2.96. The van der Waals surface area contributed by atoms with Gasteiger partial charge in [-0.15, -0.1) is 11.3 Å². The number of nitrogens with one attached hydrogen (secondary N) is 1. The van der Waals surface area contributed by atoms with E-state index in [1.807, 2.05) is 0 Å². The molecule has 1 heterocycles. The average molecular weight is 363 g/mol. The first kappa shape index (κ1) is 15.0. The van der Waals surface area contributed by atoms with Crippen LogP contribution in [0.1, 0.15) is 24.1 Å². The molecule has 1 N–H and O–H groups in total. The zero-order valence-corrected chi connectivity index (χ0v) is 13.6. The van der Waals surface area contributed by atoms with Gasteiger partial charge in [-0.05, 0) is 63.6 Å². The van der Waals surface area contributed by atoms with Gasteiger partial charge >= 0.3 is 0 Å². The van der Waals surface area contributed by atoms with Crippen molar-refractivity contribution in [3.05, 3.63) is 55.4 Å². The zero-order valence-electron chi connectivity index (χ0n) is 10.4. The smallest absolute Gasteiger partial charge is 0.141 e. The lowest BCUT2D eigenvalue weighted by molar-refractivity contribution is 0.550. The molecule has 0 saturated carbocycles. The number of hydrogen-bond donors (Lipinski definition) is 1. The fourth-order valence-corrected chi connectivity index (χ4v) is 3.40. The molecule has 0 fully saturated rings. The number of rotatable bonds is 5. The minimum absolute atomic E-state index is 0.180. The predicted molar refractivity (Wildman–Crippen MR) is 83.6 cm³/mol. The summed E-state index contributed by atoms with van der Waals surface area (Å²) in [5.41, 5.74) is 2.26. The number of likely N-dealkylation sites (N-methyl/N-ethyl adjacent to an activating group) is 1. The van der Waals surface area contributed by atoms with E-state index >= 15 is 0 Å². The number of hydrogen-bond acceptors (Lipinski definition) is 2. The van der Waals surface area contributed by atoms with Crippen LogP contribution in [0.3, 0.4) is 0 Å². The van der Waals surface area contributed by atoms with E-state index in [0.29, 0.717) is 0 Å². The topological polar surface area (TPSA) is 12.0 Å². The third-order valence-corrected chi connectivity index (χ3v) is 4.68. The molecule has 5 heteroatoms. The molecule has 0 aliphatic heterocycles. The fraction of sp³-hybridized carbons (Fsp3) is 0.286. The van der Waals surface area contributed by atoms with Crippen molar-refractivity contribution >= 4 is 38.9 Å². The van der Waals surface area contributed by atoms with E-state index in [9.17, 15) is 4.39 Å². The minimum atomic E-state index is -0.372. The van der Waals surface area contributed by atoms with Crippen molar-refractivity contribution in [1.82, 2.24) is 5.32 Å². The molecule has 0 amide bonds. The maximum Gasteiger partial charge on any atom is 0.141 e. The molecular formula is C14H14BrClFNS. The number of halogens is 3. The maximum atomic E-state index is 13.2. The third kappa shape index (κ3) is 4.02. The highest BCUT2D eigenvalue weighted by atomic mass is 79.9. The summed E-state index contributed by atoms with van der Waals surface area (Å²) in [5, 5.41) is 5.75. The first-order chi connectivity index (χ1) is 9.10. The van der Waals surface area contributed by atoms with Gasteiger partial charge in [-0.25, -0.2) is 4.39 Å². The van der Waals surface area contributed by atoms with Gasteiger partial charge in [0.15, 0.2) is 0 Å². The van der Waals surface area contributed by atoms with Crippen molar-refractivity contribution in [3.63, 3.8) is 0 Å². The summed E-state index contributed by atoms with van der Waals surface area (Å²) < 4.78 is 14.3. The second-order valence-electron chi connectivity index (χ2n) is 4.25. The fourth-order valence-electron chi connectivity index (χ4n) is 1.96. The Labute approximate surface area is 129 Å². The summed E-state index contributed by atoms with van der Waals surface area (Å²) >= 11 is 11.0. The van der Waals surface area contributed by atoms with Crippen molar-refractivity contribution in [2.24, 2.45) is 0 Å². The van der Waals surface area contributed by atoms with Crippen LogP contribution in [0.4, 0.5) is 4.39 Å². The van der Waals surface area contributed by atoms with E-state index in [1.54, 1.807) is 23.5 Å². The summed E-state index contributed by atoms with van der Waals surface area (Å²) in [5.74, 6) is -0.372. The molecule has 19 heavy (non-hydrogen) atoms. The standard InChI is InChI=1S/C14H14BrClFNS/c1-2-18-13(10-7-14(15)19-8-10)6-9-3-4-12(17)11(16)5-9/h3-5,7-8,13,18H,2,6H2,1H3. The lowest BCUT2D eigenvalue weighted by Crippen LogP contribution is -2.22. The van der Waals surface area contributed by atoms with Crippen LogP contribution >= 0.6 is 38.9 Å². The van der Waals surface area contributed by atoms with Gasteiger partial charge in [0.05, 0.1) is 8.81 Å². The van der Waals surface area contributed by atoms with Gasteiger partial charge < -0.3 is 5.32 Å². The molecule has 1 atom stereocenters. The van der Waals surface area contributed by atoms with Gasteiger partial charge in [0.2, 0.25) is 0 Å². The Hall–Kier alpha value is -0.420. The highest BCUT2D eigenvalue weighted by molar-refractivity contribution is 9.11. The molecule has 2 rings (SSSR count). The molecule has 1 aromatic heterocycles. The van der Waals surface area contributed by atoms with E-state index in [0.717, 1.165) is 22.3 Å². The summed E-state index contributed by atoms with van der Waals surface area (Å²) in [7, 11) is 0. The molecule has 0 aliphatic rings. The second kappa shape index (κ2) is 6.84. The normalized spacial score (nSPS) is 12.6. The number of thiophene rings is 1. The third-order valence-electron chi connectivity index (χ3n) is 2.86. The molecule has 0 aliphatic carbocycles. The van der Waals surface area contributed by atoms with Crippen LogP contribution in [-0.4, -0.2) is 6.54 Å². The predicted octanol–water partition coefficient (Wildman–Crippen LogP) is 5.20. The van der Waals surface area contributed by atoms with Gasteiger partial charge in [0, 0.05) is 6.04 Å². The van der Waals surface area contributed by atoms with Gasteiger partial charge in [-0.3, -0.25) is 0 Å². The van der Waals surface area contributed by atoms with Gasteiger partial charge in [0.1, 0.15) is 5.82 Å². The van der Waals surface area contributed by atoms with Crippen LogP contribution in [-0.2, 0) is 6.42 Å². The molecule has 2 aromatic rings. The molecule has 1 nitrogen and oxygen atoms in total.